The second-order valence-corrected chi connectivity index (χ2v) is 12.6. The van der Waals surface area contributed by atoms with Crippen molar-refractivity contribution >= 4 is 23.3 Å². The predicted octanol–water partition coefficient (Wildman–Crippen LogP) is 3.60. The third kappa shape index (κ3) is 7.80. The number of hydrogen-bond donors (Lipinski definition) is 3. The third-order valence-corrected chi connectivity index (χ3v) is 9.38. The van der Waals surface area contributed by atoms with Gasteiger partial charge in [-0.1, -0.05) is 24.3 Å². The van der Waals surface area contributed by atoms with E-state index in [2.05, 4.69) is 58.8 Å². The molecule has 240 valence electrons. The summed E-state index contributed by atoms with van der Waals surface area (Å²) in [7, 11) is 2.13. The number of amides is 1. The van der Waals surface area contributed by atoms with Crippen LogP contribution in [0.25, 0.3) is 22.5 Å². The average molecular weight is 623 g/mol. The zero-order chi connectivity index (χ0) is 31.9. The Balaban J connectivity index is 1.17. The monoisotopic (exact) mass is 622 g/mol. The van der Waals surface area contributed by atoms with E-state index in [9.17, 15) is 9.59 Å². The highest BCUT2D eigenvalue weighted by Crippen LogP contribution is 2.31. The Bertz CT molecular complexity index is 1580. The molecule has 1 amide bonds. The molecule has 0 unspecified atom stereocenters. The van der Waals surface area contributed by atoms with Crippen LogP contribution in [0.1, 0.15) is 37.7 Å². The first-order chi connectivity index (χ1) is 22.4. The standard InChI is InChI=1S/C34H42N10O2/c1-43-13-15-44(16-14-43)34-36-21-29(22-37-34)27-4-2-3-24(17-27)18-28(19-31(45)25-7-5-23(20-35)6-8-25)33(46)38-30-11-9-26(10-12-30)32-39-41-42-40-32/h2-4,9-12,17,21-23,25,28H,5-8,13-16,18-20,35H2,1H3,(H,38,46)(H,39,40,41,42)/t23?,25?,28-/m1/s1. The van der Waals surface area contributed by atoms with Gasteiger partial charge in [0.15, 0.2) is 0 Å². The number of Topliss-reactive ketones (excluding diaryl/α,β-unsaturated/α-hetero) is 1. The van der Waals surface area contributed by atoms with Gasteiger partial charge in [-0.25, -0.2) is 9.97 Å². The summed E-state index contributed by atoms with van der Waals surface area (Å²) in [5.41, 5.74) is 10.2. The number of tetrazole rings is 1. The number of ketones is 1. The van der Waals surface area contributed by atoms with Gasteiger partial charge in [-0.15, -0.1) is 10.2 Å². The number of carbonyl (C=O) groups excluding carboxylic acids is 2. The Morgan fingerprint density at radius 3 is 2.37 bits per heavy atom. The summed E-state index contributed by atoms with van der Waals surface area (Å²) in [5, 5.41) is 17.1. The molecule has 4 N–H and O–H groups in total. The van der Waals surface area contributed by atoms with E-state index in [1.807, 2.05) is 54.9 Å². The van der Waals surface area contributed by atoms with Gasteiger partial charge in [-0.05, 0) is 92.2 Å². The number of nitrogens with zero attached hydrogens (tertiary/aromatic N) is 7. The van der Waals surface area contributed by atoms with Gasteiger partial charge in [0.2, 0.25) is 17.7 Å². The molecule has 1 aliphatic carbocycles. The molecule has 2 aliphatic rings. The fourth-order valence-corrected chi connectivity index (χ4v) is 6.42. The highest BCUT2D eigenvalue weighted by Gasteiger charge is 2.30. The quantitative estimate of drug-likeness (QED) is 0.226. The summed E-state index contributed by atoms with van der Waals surface area (Å²) in [6, 6.07) is 15.4. The molecule has 6 rings (SSSR count). The maximum Gasteiger partial charge on any atom is 0.228 e. The second-order valence-electron chi connectivity index (χ2n) is 12.6. The summed E-state index contributed by atoms with van der Waals surface area (Å²) in [6.07, 6.45) is 7.97. The molecule has 4 aromatic rings. The highest BCUT2D eigenvalue weighted by molar-refractivity contribution is 5.96. The first-order valence-corrected chi connectivity index (χ1v) is 16.2. The Morgan fingerprint density at radius 1 is 0.957 bits per heavy atom. The second kappa shape index (κ2) is 14.7. The number of nitrogens with one attached hydrogen (secondary N) is 2. The molecule has 0 radical (unpaired) electrons. The van der Waals surface area contributed by atoms with Gasteiger partial charge in [-0.2, -0.15) is 5.21 Å². The van der Waals surface area contributed by atoms with E-state index in [0.29, 0.717) is 30.4 Å². The number of aromatic nitrogens is 6. The number of benzene rings is 2. The SMILES string of the molecule is CN1CCN(c2ncc(-c3cccc(C[C@H](CC(=O)C4CCC(CN)CC4)C(=O)Nc4ccc(-c5nn[nH]n5)cc4)c3)cn2)CC1. The van der Waals surface area contributed by atoms with Crippen LogP contribution in [0.2, 0.25) is 0 Å². The normalized spacial score (nSPS) is 19.5. The average Bonchev–Trinajstić information content (AvgIpc) is 3.64. The van der Waals surface area contributed by atoms with Gasteiger partial charge in [-0.3, -0.25) is 9.59 Å². The zero-order valence-corrected chi connectivity index (χ0v) is 26.3. The van der Waals surface area contributed by atoms with E-state index in [-0.39, 0.29) is 24.0 Å². The molecule has 12 nitrogen and oxygen atoms in total. The molecule has 1 atom stereocenters. The van der Waals surface area contributed by atoms with Crippen molar-refractivity contribution in [3.05, 3.63) is 66.5 Å². The van der Waals surface area contributed by atoms with E-state index in [0.717, 1.165) is 80.1 Å². The molecule has 3 heterocycles. The summed E-state index contributed by atoms with van der Waals surface area (Å²) >= 11 is 0. The summed E-state index contributed by atoms with van der Waals surface area (Å²) in [5.74, 6) is 1.14. The van der Waals surface area contributed by atoms with Crippen molar-refractivity contribution in [1.82, 2.24) is 35.5 Å². The topological polar surface area (TPSA) is 159 Å². The number of piperazine rings is 1. The van der Waals surface area contributed by atoms with Crippen molar-refractivity contribution < 1.29 is 9.59 Å². The van der Waals surface area contributed by atoms with Gasteiger partial charge in [0.05, 0.1) is 0 Å². The number of carbonyl (C=O) groups is 2. The van der Waals surface area contributed by atoms with Crippen LogP contribution in [0.4, 0.5) is 11.6 Å². The van der Waals surface area contributed by atoms with E-state index in [1.165, 1.54) is 0 Å². The minimum Gasteiger partial charge on any atom is -0.338 e. The smallest absolute Gasteiger partial charge is 0.228 e. The molecule has 1 saturated heterocycles. The molecule has 0 bridgehead atoms. The number of nitrogens with two attached hydrogens (primary N) is 1. The van der Waals surface area contributed by atoms with Crippen LogP contribution in [0.5, 0.6) is 0 Å². The first-order valence-electron chi connectivity index (χ1n) is 16.2. The van der Waals surface area contributed by atoms with Crippen LogP contribution >= 0.6 is 0 Å². The van der Waals surface area contributed by atoms with Crippen molar-refractivity contribution in [3.63, 3.8) is 0 Å². The van der Waals surface area contributed by atoms with Crippen molar-refractivity contribution in [2.45, 2.75) is 38.5 Å². The Hall–Kier alpha value is -4.55. The van der Waals surface area contributed by atoms with E-state index < -0.39 is 5.92 Å². The molecule has 1 saturated carbocycles. The van der Waals surface area contributed by atoms with Crippen LogP contribution in [0, 0.1) is 17.8 Å². The lowest BCUT2D eigenvalue weighted by molar-refractivity contribution is -0.129. The molecular weight excluding hydrogens is 580 g/mol. The van der Waals surface area contributed by atoms with Crippen molar-refractivity contribution in [1.29, 1.82) is 0 Å². The van der Waals surface area contributed by atoms with Crippen LogP contribution in [-0.4, -0.2) is 87.0 Å². The molecule has 2 aromatic heterocycles. The molecule has 46 heavy (non-hydrogen) atoms. The van der Waals surface area contributed by atoms with E-state index in [4.69, 9.17) is 5.73 Å². The van der Waals surface area contributed by atoms with Crippen LogP contribution < -0.4 is 16.0 Å². The Morgan fingerprint density at radius 2 is 1.70 bits per heavy atom. The van der Waals surface area contributed by atoms with Gasteiger partial charge < -0.3 is 20.9 Å². The highest BCUT2D eigenvalue weighted by atomic mass is 16.2. The number of H-pyrrole nitrogens is 1. The van der Waals surface area contributed by atoms with Crippen molar-refractivity contribution in [3.8, 4) is 22.5 Å². The molecule has 0 spiro atoms. The molecule has 1 aliphatic heterocycles. The number of anilines is 2. The lowest BCUT2D eigenvalue weighted by Gasteiger charge is -2.32. The number of rotatable bonds is 11. The first kappa shape index (κ1) is 31.4. The van der Waals surface area contributed by atoms with Crippen LogP contribution in [-0.2, 0) is 16.0 Å². The maximum atomic E-state index is 13.8. The Labute approximate surface area is 269 Å². The molecule has 2 fully saturated rings. The maximum absolute atomic E-state index is 13.8. The summed E-state index contributed by atoms with van der Waals surface area (Å²) in [6.45, 7) is 4.46. The lowest BCUT2D eigenvalue weighted by Crippen LogP contribution is -2.45. The van der Waals surface area contributed by atoms with Gasteiger partial charge in [0.1, 0.15) is 5.78 Å². The number of likely N-dealkylation sites (N-methyl/N-ethyl adjacent to an activating group) is 1. The summed E-state index contributed by atoms with van der Waals surface area (Å²) < 4.78 is 0. The van der Waals surface area contributed by atoms with Gasteiger partial charge >= 0.3 is 0 Å². The number of hydrogen-bond acceptors (Lipinski definition) is 10. The van der Waals surface area contributed by atoms with Crippen molar-refractivity contribution in [2.75, 3.05) is 50.0 Å². The zero-order valence-electron chi connectivity index (χ0n) is 26.3. The van der Waals surface area contributed by atoms with Crippen molar-refractivity contribution in [2.24, 2.45) is 23.5 Å². The summed E-state index contributed by atoms with van der Waals surface area (Å²) in [4.78, 5) is 41.1. The predicted molar refractivity (Wildman–Crippen MR) is 177 cm³/mol. The minimum atomic E-state index is -0.525. The molecular formula is C34H42N10O2. The minimum absolute atomic E-state index is 0.0188. The molecule has 2 aromatic carbocycles. The largest absolute Gasteiger partial charge is 0.338 e. The fourth-order valence-electron chi connectivity index (χ4n) is 6.42. The Kier molecular flexibility index (Phi) is 10.0. The van der Waals surface area contributed by atoms with E-state index in [1.54, 1.807) is 0 Å². The van der Waals surface area contributed by atoms with Crippen LogP contribution in [0.15, 0.2) is 60.9 Å². The van der Waals surface area contributed by atoms with Gasteiger partial charge in [0.25, 0.3) is 0 Å². The number of aromatic amines is 1. The van der Waals surface area contributed by atoms with Crippen LogP contribution in [0.3, 0.4) is 0 Å². The fraction of sp³-hybridized carbons (Fsp3) is 0.441. The molecule has 12 heteroatoms. The van der Waals surface area contributed by atoms with E-state index >= 15 is 0 Å². The van der Waals surface area contributed by atoms with Gasteiger partial charge in [0, 0.05) is 73.6 Å². The lowest BCUT2D eigenvalue weighted by atomic mass is 9.77. The third-order valence-electron chi connectivity index (χ3n) is 9.38.